The maximum Gasteiger partial charge on any atom is 0.238 e. The summed E-state index contributed by atoms with van der Waals surface area (Å²) in [5.41, 5.74) is 3.39. The van der Waals surface area contributed by atoms with E-state index in [1.54, 1.807) is 0 Å². The third-order valence-electron chi connectivity index (χ3n) is 5.77. The summed E-state index contributed by atoms with van der Waals surface area (Å²) in [4.78, 5) is 19.2. The quantitative estimate of drug-likeness (QED) is 0.584. The van der Waals surface area contributed by atoms with Crippen LogP contribution in [0.15, 0.2) is 71.1 Å². The van der Waals surface area contributed by atoms with Gasteiger partial charge in [0.2, 0.25) is 5.91 Å². The van der Waals surface area contributed by atoms with Crippen LogP contribution in [0.5, 0.6) is 0 Å². The molecule has 0 aliphatic carbocycles. The molecule has 0 atom stereocenters. The number of carbonyl (C=O) groups is 1. The maximum atomic E-state index is 12.4. The second kappa shape index (κ2) is 10.5. The standard InChI is InChI=1S/C26H32N4O2/c1-21-8-13-25(32-21)19-28(2)20-26(31)27-23-9-11-24(12-10-23)30-16-14-29(15-17-30)18-22-6-4-3-5-7-22/h3-13H,14-20H2,1-2H3,(H,27,31). The Morgan fingerprint density at radius 2 is 1.69 bits per heavy atom. The van der Waals surface area contributed by atoms with Crippen molar-refractivity contribution in [2.45, 2.75) is 20.0 Å². The largest absolute Gasteiger partial charge is 0.465 e. The number of hydrogen-bond donors (Lipinski definition) is 1. The van der Waals surface area contributed by atoms with Crippen LogP contribution in [0, 0.1) is 6.92 Å². The van der Waals surface area contributed by atoms with Crippen LogP contribution in [0.4, 0.5) is 11.4 Å². The van der Waals surface area contributed by atoms with E-state index < -0.39 is 0 Å². The zero-order chi connectivity index (χ0) is 22.3. The summed E-state index contributed by atoms with van der Waals surface area (Å²) < 4.78 is 5.58. The molecule has 2 aromatic carbocycles. The summed E-state index contributed by atoms with van der Waals surface area (Å²) in [6, 6.07) is 22.7. The van der Waals surface area contributed by atoms with Gasteiger partial charge in [-0.15, -0.1) is 0 Å². The summed E-state index contributed by atoms with van der Waals surface area (Å²) in [6.07, 6.45) is 0. The Kier molecular flexibility index (Phi) is 7.24. The molecule has 1 amide bonds. The Labute approximate surface area is 190 Å². The van der Waals surface area contributed by atoms with Crippen molar-refractivity contribution in [2.24, 2.45) is 0 Å². The summed E-state index contributed by atoms with van der Waals surface area (Å²) in [5, 5.41) is 2.99. The first-order valence-corrected chi connectivity index (χ1v) is 11.2. The van der Waals surface area contributed by atoms with Gasteiger partial charge in [-0.05, 0) is 55.9 Å². The lowest BCUT2D eigenvalue weighted by molar-refractivity contribution is -0.117. The normalized spacial score (nSPS) is 14.7. The van der Waals surface area contributed by atoms with E-state index in [0.717, 1.165) is 49.9 Å². The van der Waals surface area contributed by atoms with E-state index >= 15 is 0 Å². The lowest BCUT2D eigenvalue weighted by atomic mass is 10.2. The van der Waals surface area contributed by atoms with E-state index in [1.807, 2.05) is 43.1 Å². The van der Waals surface area contributed by atoms with Gasteiger partial charge in [-0.1, -0.05) is 30.3 Å². The van der Waals surface area contributed by atoms with E-state index in [4.69, 9.17) is 4.42 Å². The first kappa shape index (κ1) is 22.1. The fourth-order valence-electron chi connectivity index (χ4n) is 4.10. The third kappa shape index (κ3) is 6.22. The molecule has 6 heteroatoms. The van der Waals surface area contributed by atoms with E-state index in [-0.39, 0.29) is 5.91 Å². The van der Waals surface area contributed by atoms with E-state index in [1.165, 1.54) is 11.3 Å². The summed E-state index contributed by atoms with van der Waals surface area (Å²) in [7, 11) is 1.91. The van der Waals surface area contributed by atoms with Crippen LogP contribution in [-0.2, 0) is 17.9 Å². The number of amides is 1. The van der Waals surface area contributed by atoms with Crippen LogP contribution in [0.25, 0.3) is 0 Å². The topological polar surface area (TPSA) is 52.0 Å². The molecule has 3 aromatic rings. The maximum absolute atomic E-state index is 12.4. The Bertz CT molecular complexity index is 992. The fraction of sp³-hybridized carbons (Fsp3) is 0.346. The highest BCUT2D eigenvalue weighted by molar-refractivity contribution is 5.92. The Morgan fingerprint density at radius 3 is 2.34 bits per heavy atom. The molecule has 4 rings (SSSR count). The van der Waals surface area contributed by atoms with Gasteiger partial charge in [-0.3, -0.25) is 14.6 Å². The van der Waals surface area contributed by atoms with E-state index in [2.05, 4.69) is 57.6 Å². The Morgan fingerprint density at radius 1 is 0.969 bits per heavy atom. The SMILES string of the molecule is Cc1ccc(CN(C)CC(=O)Nc2ccc(N3CCN(Cc4ccccc4)CC3)cc2)o1. The molecule has 1 aliphatic rings. The van der Waals surface area contributed by atoms with Crippen molar-refractivity contribution >= 4 is 17.3 Å². The van der Waals surface area contributed by atoms with Gasteiger partial charge in [0.1, 0.15) is 11.5 Å². The van der Waals surface area contributed by atoms with Crippen molar-refractivity contribution in [3.05, 3.63) is 83.8 Å². The number of hydrogen-bond acceptors (Lipinski definition) is 5. The second-order valence-electron chi connectivity index (χ2n) is 8.53. The molecule has 0 radical (unpaired) electrons. The Hall–Kier alpha value is -3.09. The molecule has 0 spiro atoms. The number of likely N-dealkylation sites (N-methyl/N-ethyl adjacent to an activating group) is 1. The van der Waals surface area contributed by atoms with Crippen molar-refractivity contribution in [3.8, 4) is 0 Å². The van der Waals surface area contributed by atoms with Crippen LogP contribution in [-0.4, -0.2) is 55.5 Å². The molecule has 1 aliphatic heterocycles. The average molecular weight is 433 g/mol. The van der Waals surface area contributed by atoms with Crippen LogP contribution in [0.3, 0.4) is 0 Å². The number of rotatable bonds is 8. The van der Waals surface area contributed by atoms with E-state index in [9.17, 15) is 4.79 Å². The zero-order valence-corrected chi connectivity index (χ0v) is 19.0. The number of nitrogens with zero attached hydrogens (tertiary/aromatic N) is 3. The van der Waals surface area contributed by atoms with Crippen molar-refractivity contribution in [1.82, 2.24) is 9.80 Å². The lowest BCUT2D eigenvalue weighted by Gasteiger charge is -2.36. The van der Waals surface area contributed by atoms with Crippen LogP contribution in [0.1, 0.15) is 17.1 Å². The average Bonchev–Trinajstić information content (AvgIpc) is 3.20. The first-order chi connectivity index (χ1) is 15.5. The molecule has 168 valence electrons. The number of piperazine rings is 1. The van der Waals surface area contributed by atoms with Crippen molar-refractivity contribution in [2.75, 3.05) is 50.0 Å². The molecule has 2 heterocycles. The summed E-state index contributed by atoms with van der Waals surface area (Å²) in [6.45, 7) is 7.97. The fourth-order valence-corrected chi connectivity index (χ4v) is 4.10. The van der Waals surface area contributed by atoms with Gasteiger partial charge in [0.15, 0.2) is 0 Å². The van der Waals surface area contributed by atoms with E-state index in [0.29, 0.717) is 13.1 Å². The van der Waals surface area contributed by atoms with Gasteiger partial charge in [0.25, 0.3) is 0 Å². The summed E-state index contributed by atoms with van der Waals surface area (Å²) in [5.74, 6) is 1.72. The highest BCUT2D eigenvalue weighted by Gasteiger charge is 2.17. The van der Waals surface area contributed by atoms with Crippen LogP contribution >= 0.6 is 0 Å². The minimum absolute atomic E-state index is 0.0296. The van der Waals surface area contributed by atoms with Crippen LogP contribution in [0.2, 0.25) is 0 Å². The molecule has 32 heavy (non-hydrogen) atoms. The van der Waals surface area contributed by atoms with Gasteiger partial charge in [-0.2, -0.15) is 0 Å². The predicted molar refractivity (Wildman–Crippen MR) is 129 cm³/mol. The lowest BCUT2D eigenvalue weighted by Crippen LogP contribution is -2.45. The minimum atomic E-state index is -0.0296. The van der Waals surface area contributed by atoms with Gasteiger partial charge in [0, 0.05) is 44.1 Å². The van der Waals surface area contributed by atoms with Gasteiger partial charge in [-0.25, -0.2) is 0 Å². The first-order valence-electron chi connectivity index (χ1n) is 11.2. The predicted octanol–water partition coefficient (Wildman–Crippen LogP) is 3.98. The van der Waals surface area contributed by atoms with Crippen molar-refractivity contribution < 1.29 is 9.21 Å². The number of nitrogens with one attached hydrogen (secondary N) is 1. The van der Waals surface area contributed by atoms with Gasteiger partial charge in [0.05, 0.1) is 13.1 Å². The van der Waals surface area contributed by atoms with Gasteiger partial charge >= 0.3 is 0 Å². The van der Waals surface area contributed by atoms with Crippen molar-refractivity contribution in [3.63, 3.8) is 0 Å². The molecular formula is C26H32N4O2. The molecular weight excluding hydrogens is 400 g/mol. The van der Waals surface area contributed by atoms with Gasteiger partial charge < -0.3 is 14.6 Å². The number of aryl methyl sites for hydroxylation is 1. The minimum Gasteiger partial charge on any atom is -0.465 e. The monoisotopic (exact) mass is 432 g/mol. The highest BCUT2D eigenvalue weighted by Crippen LogP contribution is 2.20. The number of anilines is 2. The Balaban J connectivity index is 1.22. The zero-order valence-electron chi connectivity index (χ0n) is 19.0. The molecule has 0 saturated carbocycles. The smallest absolute Gasteiger partial charge is 0.238 e. The highest BCUT2D eigenvalue weighted by atomic mass is 16.3. The third-order valence-corrected chi connectivity index (χ3v) is 5.77. The van der Waals surface area contributed by atoms with Crippen molar-refractivity contribution in [1.29, 1.82) is 0 Å². The summed E-state index contributed by atoms with van der Waals surface area (Å²) >= 11 is 0. The number of carbonyl (C=O) groups excluding carboxylic acids is 1. The van der Waals surface area contributed by atoms with Crippen LogP contribution < -0.4 is 10.2 Å². The number of furan rings is 1. The second-order valence-corrected chi connectivity index (χ2v) is 8.53. The number of benzene rings is 2. The molecule has 0 bridgehead atoms. The molecule has 1 saturated heterocycles. The molecule has 1 fully saturated rings. The molecule has 6 nitrogen and oxygen atoms in total. The molecule has 0 unspecified atom stereocenters. The molecule has 1 aromatic heterocycles. The molecule has 1 N–H and O–H groups in total.